The third-order valence-corrected chi connectivity index (χ3v) is 4.25. The van der Waals surface area contributed by atoms with E-state index in [4.69, 9.17) is 5.11 Å². The van der Waals surface area contributed by atoms with Crippen LogP contribution in [-0.4, -0.2) is 16.2 Å². The van der Waals surface area contributed by atoms with Gasteiger partial charge in [-0.2, -0.15) is 0 Å². The summed E-state index contributed by atoms with van der Waals surface area (Å²) in [6.07, 6.45) is 0. The number of aromatic hydroxyl groups is 1. The number of carbonyl (C=O) groups is 1. The SMILES string of the molecule is O=C(O)c1sccc1CSc1ccccc1O. The maximum atomic E-state index is 10.9. The Bertz CT molecular complexity index is 534. The number of phenolic OH excluding ortho intramolecular Hbond substituents is 1. The second-order valence-electron chi connectivity index (χ2n) is 3.34. The van der Waals surface area contributed by atoms with Crippen molar-refractivity contribution < 1.29 is 15.0 Å². The van der Waals surface area contributed by atoms with Gasteiger partial charge in [0.2, 0.25) is 0 Å². The number of benzene rings is 1. The summed E-state index contributed by atoms with van der Waals surface area (Å²) in [5, 5.41) is 20.3. The lowest BCUT2D eigenvalue weighted by molar-refractivity contribution is 0.0701. The molecule has 2 rings (SSSR count). The van der Waals surface area contributed by atoms with E-state index in [2.05, 4.69) is 0 Å². The van der Waals surface area contributed by atoms with Crippen LogP contribution in [0, 0.1) is 0 Å². The minimum absolute atomic E-state index is 0.226. The first-order valence-corrected chi connectivity index (χ1v) is 6.75. The van der Waals surface area contributed by atoms with Crippen LogP contribution in [0.4, 0.5) is 0 Å². The minimum Gasteiger partial charge on any atom is -0.507 e. The van der Waals surface area contributed by atoms with Crippen molar-refractivity contribution in [3.63, 3.8) is 0 Å². The Hall–Kier alpha value is -1.46. The van der Waals surface area contributed by atoms with Crippen LogP contribution in [0.15, 0.2) is 40.6 Å². The number of thiophene rings is 1. The number of rotatable bonds is 4. The molecule has 0 aliphatic rings. The molecule has 0 bridgehead atoms. The van der Waals surface area contributed by atoms with E-state index in [9.17, 15) is 9.90 Å². The molecular weight excluding hydrogens is 256 g/mol. The number of para-hydroxylation sites is 1. The zero-order chi connectivity index (χ0) is 12.3. The summed E-state index contributed by atoms with van der Waals surface area (Å²) in [6.45, 7) is 0. The first kappa shape index (κ1) is 12.0. The van der Waals surface area contributed by atoms with E-state index in [-0.39, 0.29) is 5.75 Å². The van der Waals surface area contributed by atoms with Gasteiger partial charge < -0.3 is 10.2 Å². The molecule has 0 atom stereocenters. The van der Waals surface area contributed by atoms with Crippen LogP contribution in [0.3, 0.4) is 0 Å². The van der Waals surface area contributed by atoms with Gasteiger partial charge in [0.1, 0.15) is 10.6 Å². The molecule has 1 heterocycles. The fourth-order valence-electron chi connectivity index (χ4n) is 1.37. The van der Waals surface area contributed by atoms with Gasteiger partial charge in [0, 0.05) is 10.6 Å². The predicted octanol–water partition coefficient (Wildman–Crippen LogP) is 3.44. The fraction of sp³-hybridized carbons (Fsp3) is 0.0833. The molecule has 88 valence electrons. The molecule has 0 aliphatic carbocycles. The zero-order valence-corrected chi connectivity index (χ0v) is 10.4. The summed E-state index contributed by atoms with van der Waals surface area (Å²) in [6, 6.07) is 8.84. The Morgan fingerprint density at radius 1 is 1.29 bits per heavy atom. The Balaban J connectivity index is 2.10. The molecule has 3 nitrogen and oxygen atoms in total. The number of phenols is 1. The van der Waals surface area contributed by atoms with Crippen molar-refractivity contribution in [2.75, 3.05) is 0 Å². The maximum Gasteiger partial charge on any atom is 0.346 e. The van der Waals surface area contributed by atoms with E-state index < -0.39 is 5.97 Å². The third kappa shape index (κ3) is 2.81. The third-order valence-electron chi connectivity index (χ3n) is 2.19. The molecule has 1 aromatic carbocycles. The van der Waals surface area contributed by atoms with Gasteiger partial charge in [-0.3, -0.25) is 0 Å². The summed E-state index contributed by atoms with van der Waals surface area (Å²) in [5.74, 6) is -0.125. The molecule has 17 heavy (non-hydrogen) atoms. The Labute approximate surface area is 107 Å². The van der Waals surface area contributed by atoms with Crippen LogP contribution in [0.1, 0.15) is 15.2 Å². The smallest absolute Gasteiger partial charge is 0.346 e. The molecule has 1 aromatic heterocycles. The second-order valence-corrected chi connectivity index (χ2v) is 5.27. The quantitative estimate of drug-likeness (QED) is 0.832. The van der Waals surface area contributed by atoms with E-state index in [1.165, 1.54) is 23.1 Å². The van der Waals surface area contributed by atoms with Crippen molar-refractivity contribution >= 4 is 29.1 Å². The summed E-state index contributed by atoms with van der Waals surface area (Å²) in [5.41, 5.74) is 0.788. The first-order chi connectivity index (χ1) is 8.18. The van der Waals surface area contributed by atoms with Gasteiger partial charge in [0.05, 0.1) is 0 Å². The predicted molar refractivity (Wildman–Crippen MR) is 68.9 cm³/mol. The van der Waals surface area contributed by atoms with Gasteiger partial charge in [-0.25, -0.2) is 4.79 Å². The molecule has 0 spiro atoms. The molecule has 0 saturated heterocycles. The molecule has 0 aliphatic heterocycles. The van der Waals surface area contributed by atoms with Crippen molar-refractivity contribution in [2.45, 2.75) is 10.6 Å². The highest BCUT2D eigenvalue weighted by Crippen LogP contribution is 2.32. The summed E-state index contributed by atoms with van der Waals surface area (Å²) in [7, 11) is 0. The number of carboxylic acid groups (broad SMARTS) is 1. The van der Waals surface area contributed by atoms with Gasteiger partial charge in [-0.15, -0.1) is 23.1 Å². The average molecular weight is 266 g/mol. The highest BCUT2D eigenvalue weighted by molar-refractivity contribution is 7.98. The van der Waals surface area contributed by atoms with Crippen molar-refractivity contribution in [3.8, 4) is 5.75 Å². The fourth-order valence-corrected chi connectivity index (χ4v) is 3.17. The number of hydrogen-bond acceptors (Lipinski definition) is 4. The number of thioether (sulfide) groups is 1. The standard InChI is InChI=1S/C12H10O3S2/c13-9-3-1-2-4-10(9)17-7-8-5-6-16-11(8)12(14)15/h1-6,13H,7H2,(H,14,15). The van der Waals surface area contributed by atoms with Gasteiger partial charge >= 0.3 is 5.97 Å². The summed E-state index contributed by atoms with van der Waals surface area (Å²) in [4.78, 5) is 12.0. The molecule has 5 heteroatoms. The molecular formula is C12H10O3S2. The Kier molecular flexibility index (Phi) is 3.71. The molecule has 0 radical (unpaired) electrons. The van der Waals surface area contributed by atoms with Crippen LogP contribution < -0.4 is 0 Å². The van der Waals surface area contributed by atoms with E-state index in [1.807, 2.05) is 12.1 Å². The van der Waals surface area contributed by atoms with Gasteiger partial charge in [-0.1, -0.05) is 12.1 Å². The molecule has 2 aromatic rings. The Morgan fingerprint density at radius 2 is 2.06 bits per heavy atom. The lowest BCUT2D eigenvalue weighted by Crippen LogP contribution is -1.96. The molecule has 0 unspecified atom stereocenters. The summed E-state index contributed by atoms with van der Waals surface area (Å²) >= 11 is 2.65. The maximum absolute atomic E-state index is 10.9. The van der Waals surface area contributed by atoms with E-state index in [0.29, 0.717) is 10.6 Å². The zero-order valence-electron chi connectivity index (χ0n) is 8.79. The van der Waals surface area contributed by atoms with Gasteiger partial charge in [0.25, 0.3) is 0 Å². The van der Waals surface area contributed by atoms with E-state index >= 15 is 0 Å². The van der Waals surface area contributed by atoms with Crippen molar-refractivity contribution in [3.05, 3.63) is 46.2 Å². The molecule has 0 saturated carbocycles. The monoisotopic (exact) mass is 266 g/mol. The lowest BCUT2D eigenvalue weighted by Gasteiger charge is -2.03. The van der Waals surface area contributed by atoms with E-state index in [0.717, 1.165) is 10.5 Å². The van der Waals surface area contributed by atoms with Crippen LogP contribution in [0.25, 0.3) is 0 Å². The normalized spacial score (nSPS) is 10.4. The number of aromatic carboxylic acids is 1. The highest BCUT2D eigenvalue weighted by Gasteiger charge is 2.12. The lowest BCUT2D eigenvalue weighted by atomic mass is 10.3. The van der Waals surface area contributed by atoms with Crippen LogP contribution in [0.2, 0.25) is 0 Å². The summed E-state index contributed by atoms with van der Waals surface area (Å²) < 4.78 is 0. The minimum atomic E-state index is -0.895. The largest absolute Gasteiger partial charge is 0.507 e. The molecule has 0 fully saturated rings. The molecule has 0 amide bonds. The van der Waals surface area contributed by atoms with Gasteiger partial charge in [-0.05, 0) is 29.1 Å². The molecule has 2 N–H and O–H groups in total. The highest BCUT2D eigenvalue weighted by atomic mass is 32.2. The second kappa shape index (κ2) is 5.25. The van der Waals surface area contributed by atoms with Crippen molar-refractivity contribution in [1.29, 1.82) is 0 Å². The Morgan fingerprint density at radius 3 is 2.76 bits per heavy atom. The van der Waals surface area contributed by atoms with Gasteiger partial charge in [0.15, 0.2) is 0 Å². The number of carboxylic acids is 1. The van der Waals surface area contributed by atoms with Crippen LogP contribution in [0.5, 0.6) is 5.75 Å². The first-order valence-electron chi connectivity index (χ1n) is 4.89. The van der Waals surface area contributed by atoms with Crippen molar-refractivity contribution in [1.82, 2.24) is 0 Å². The number of hydrogen-bond donors (Lipinski definition) is 2. The topological polar surface area (TPSA) is 57.5 Å². The average Bonchev–Trinajstić information content (AvgIpc) is 2.76. The van der Waals surface area contributed by atoms with Crippen molar-refractivity contribution in [2.24, 2.45) is 0 Å². The van der Waals surface area contributed by atoms with Crippen LogP contribution >= 0.6 is 23.1 Å². The van der Waals surface area contributed by atoms with Crippen LogP contribution in [-0.2, 0) is 5.75 Å². The van der Waals surface area contributed by atoms with E-state index in [1.54, 1.807) is 23.6 Å².